The number of carbonyl (C=O) groups excluding carboxylic acids is 1. The van der Waals surface area contributed by atoms with E-state index in [1.54, 1.807) is 0 Å². The Bertz CT molecular complexity index is 526. The molecule has 0 atom stereocenters. The minimum Gasteiger partial charge on any atom is -0.365 e. The molecular formula is C11H11F6N3O. The van der Waals surface area contributed by atoms with E-state index in [1.165, 1.54) is 6.92 Å². The first kappa shape index (κ1) is 17.1. The molecule has 1 amide bonds. The maximum atomic E-state index is 12.6. The highest BCUT2D eigenvalue weighted by molar-refractivity contribution is 5.97. The lowest BCUT2D eigenvalue weighted by atomic mass is 10.2. The molecule has 118 valence electrons. The number of hydrogen-bond acceptors (Lipinski definition) is 3. The average Bonchev–Trinajstić information content (AvgIpc) is 2.33. The van der Waals surface area contributed by atoms with Gasteiger partial charge in [-0.3, -0.25) is 4.79 Å². The van der Waals surface area contributed by atoms with Crippen LogP contribution in [0.15, 0.2) is 12.1 Å². The van der Waals surface area contributed by atoms with Crippen LogP contribution in [0, 0.1) is 0 Å². The minimum absolute atomic E-state index is 0.298. The van der Waals surface area contributed by atoms with Crippen molar-refractivity contribution < 1.29 is 31.1 Å². The van der Waals surface area contributed by atoms with Crippen LogP contribution in [0.25, 0.3) is 0 Å². The summed E-state index contributed by atoms with van der Waals surface area (Å²) in [7, 11) is 0. The van der Waals surface area contributed by atoms with Crippen LogP contribution < -0.4 is 10.6 Å². The Balaban J connectivity index is 3.37. The Labute approximate surface area is 115 Å². The van der Waals surface area contributed by atoms with Gasteiger partial charge in [0.15, 0.2) is 0 Å². The van der Waals surface area contributed by atoms with E-state index < -0.39 is 41.9 Å². The zero-order chi connectivity index (χ0) is 16.4. The van der Waals surface area contributed by atoms with Gasteiger partial charge in [-0.05, 0) is 19.1 Å². The van der Waals surface area contributed by atoms with Crippen LogP contribution in [-0.2, 0) is 6.18 Å². The van der Waals surface area contributed by atoms with E-state index in [9.17, 15) is 31.1 Å². The SMILES string of the molecule is CCN(CC(F)(F)F)c1nc(C(F)(F)F)ccc1C(N)=O. The minimum atomic E-state index is -4.84. The predicted octanol–water partition coefficient (Wildman–Crippen LogP) is 2.59. The average molecular weight is 315 g/mol. The van der Waals surface area contributed by atoms with Crippen molar-refractivity contribution >= 4 is 11.7 Å². The Morgan fingerprint density at radius 3 is 2.19 bits per heavy atom. The lowest BCUT2D eigenvalue weighted by Gasteiger charge is -2.25. The summed E-state index contributed by atoms with van der Waals surface area (Å²) in [4.78, 5) is 14.8. The van der Waals surface area contributed by atoms with Gasteiger partial charge in [0.2, 0.25) is 0 Å². The summed E-state index contributed by atoms with van der Waals surface area (Å²) < 4.78 is 75.1. The number of primary amides is 1. The number of hydrogen-bond donors (Lipinski definition) is 1. The van der Waals surface area contributed by atoms with E-state index >= 15 is 0 Å². The zero-order valence-electron chi connectivity index (χ0n) is 10.7. The third-order valence-corrected chi connectivity index (χ3v) is 2.48. The van der Waals surface area contributed by atoms with Gasteiger partial charge in [-0.25, -0.2) is 4.98 Å². The molecule has 4 nitrogen and oxygen atoms in total. The number of anilines is 1. The molecule has 0 aliphatic heterocycles. The van der Waals surface area contributed by atoms with Gasteiger partial charge < -0.3 is 10.6 Å². The zero-order valence-corrected chi connectivity index (χ0v) is 10.7. The first-order chi connectivity index (χ1) is 9.45. The summed E-state index contributed by atoms with van der Waals surface area (Å²) in [5.41, 5.74) is 3.06. The van der Waals surface area contributed by atoms with E-state index in [-0.39, 0.29) is 6.54 Å². The van der Waals surface area contributed by atoms with Crippen LogP contribution in [0.1, 0.15) is 23.0 Å². The molecule has 1 rings (SSSR count). The van der Waals surface area contributed by atoms with Gasteiger partial charge >= 0.3 is 12.4 Å². The molecule has 10 heteroatoms. The molecule has 0 bridgehead atoms. The molecule has 0 spiro atoms. The molecule has 0 aromatic carbocycles. The highest BCUT2D eigenvalue weighted by Gasteiger charge is 2.36. The van der Waals surface area contributed by atoms with E-state index in [0.717, 1.165) is 0 Å². The van der Waals surface area contributed by atoms with Crippen LogP contribution in [0.5, 0.6) is 0 Å². The van der Waals surface area contributed by atoms with Crippen molar-refractivity contribution in [2.75, 3.05) is 18.0 Å². The third-order valence-electron chi connectivity index (χ3n) is 2.48. The van der Waals surface area contributed by atoms with Gasteiger partial charge in [-0.2, -0.15) is 26.3 Å². The summed E-state index contributed by atoms with van der Waals surface area (Å²) in [5.74, 6) is -1.90. The highest BCUT2D eigenvalue weighted by Crippen LogP contribution is 2.31. The van der Waals surface area contributed by atoms with Crippen molar-refractivity contribution in [3.05, 3.63) is 23.4 Å². The molecule has 21 heavy (non-hydrogen) atoms. The molecule has 0 saturated heterocycles. The Kier molecular flexibility index (Phi) is 4.69. The fourth-order valence-electron chi connectivity index (χ4n) is 1.59. The number of nitrogens with zero attached hydrogens (tertiary/aromatic N) is 2. The topological polar surface area (TPSA) is 59.2 Å². The number of halogens is 6. The van der Waals surface area contributed by atoms with Crippen LogP contribution >= 0.6 is 0 Å². The molecule has 0 saturated carbocycles. The summed E-state index contributed by atoms with van der Waals surface area (Å²) in [6, 6.07) is 1.21. The van der Waals surface area contributed by atoms with Crippen LogP contribution in [-0.4, -0.2) is 30.2 Å². The number of alkyl halides is 6. The van der Waals surface area contributed by atoms with Gasteiger partial charge in [-0.15, -0.1) is 0 Å². The first-order valence-corrected chi connectivity index (χ1v) is 5.65. The number of amides is 1. The fraction of sp³-hybridized carbons (Fsp3) is 0.455. The van der Waals surface area contributed by atoms with E-state index in [0.29, 0.717) is 17.0 Å². The van der Waals surface area contributed by atoms with Crippen molar-refractivity contribution in [1.29, 1.82) is 0 Å². The first-order valence-electron chi connectivity index (χ1n) is 5.65. The Morgan fingerprint density at radius 2 is 1.81 bits per heavy atom. The van der Waals surface area contributed by atoms with E-state index in [4.69, 9.17) is 5.73 Å². The second-order valence-corrected chi connectivity index (χ2v) is 4.06. The van der Waals surface area contributed by atoms with E-state index in [1.807, 2.05) is 0 Å². The maximum absolute atomic E-state index is 12.6. The smallest absolute Gasteiger partial charge is 0.365 e. The molecule has 0 unspecified atom stereocenters. The number of rotatable bonds is 4. The van der Waals surface area contributed by atoms with Crippen molar-refractivity contribution in [2.45, 2.75) is 19.3 Å². The molecule has 0 radical (unpaired) electrons. The number of carbonyl (C=O) groups is 1. The predicted molar refractivity (Wildman–Crippen MR) is 61.7 cm³/mol. The molecule has 1 aromatic heterocycles. The largest absolute Gasteiger partial charge is 0.433 e. The molecule has 0 aliphatic rings. The van der Waals surface area contributed by atoms with Gasteiger partial charge in [0, 0.05) is 6.54 Å². The normalized spacial score (nSPS) is 12.3. The monoisotopic (exact) mass is 315 g/mol. The molecular weight excluding hydrogens is 304 g/mol. The molecule has 0 fully saturated rings. The molecule has 1 heterocycles. The van der Waals surface area contributed by atoms with Gasteiger partial charge in [0.1, 0.15) is 18.1 Å². The number of nitrogens with two attached hydrogens (primary N) is 1. The third kappa shape index (κ3) is 4.50. The van der Waals surface area contributed by atoms with Crippen molar-refractivity contribution in [1.82, 2.24) is 4.98 Å². The summed E-state index contributed by atoms with van der Waals surface area (Å²) in [5, 5.41) is 0. The summed E-state index contributed by atoms with van der Waals surface area (Å²) >= 11 is 0. The molecule has 0 aliphatic carbocycles. The Morgan fingerprint density at radius 1 is 1.24 bits per heavy atom. The van der Waals surface area contributed by atoms with Crippen LogP contribution in [0.3, 0.4) is 0 Å². The summed E-state index contributed by atoms with van der Waals surface area (Å²) in [6.45, 7) is -0.551. The van der Waals surface area contributed by atoms with Gasteiger partial charge in [0.25, 0.3) is 5.91 Å². The Hall–Kier alpha value is -2.00. The summed E-state index contributed by atoms with van der Waals surface area (Å²) in [6.07, 6.45) is -9.51. The second kappa shape index (κ2) is 5.78. The standard InChI is InChI=1S/C11H11F6N3O/c1-2-20(5-10(12,13)14)9-6(8(18)21)3-4-7(19-9)11(15,16)17/h3-4H,2,5H2,1H3,(H2,18,21). The quantitative estimate of drug-likeness (QED) is 0.869. The lowest BCUT2D eigenvalue weighted by Crippen LogP contribution is -2.36. The van der Waals surface area contributed by atoms with Crippen molar-refractivity contribution in [3.8, 4) is 0 Å². The van der Waals surface area contributed by atoms with Gasteiger partial charge in [0.05, 0.1) is 5.56 Å². The molecule has 2 N–H and O–H groups in total. The maximum Gasteiger partial charge on any atom is 0.433 e. The highest BCUT2D eigenvalue weighted by atomic mass is 19.4. The lowest BCUT2D eigenvalue weighted by molar-refractivity contribution is -0.141. The number of aromatic nitrogens is 1. The van der Waals surface area contributed by atoms with Crippen molar-refractivity contribution in [2.24, 2.45) is 5.73 Å². The second-order valence-electron chi connectivity index (χ2n) is 4.06. The molecule has 1 aromatic rings. The van der Waals surface area contributed by atoms with Crippen molar-refractivity contribution in [3.63, 3.8) is 0 Å². The van der Waals surface area contributed by atoms with Gasteiger partial charge in [-0.1, -0.05) is 0 Å². The fourth-order valence-corrected chi connectivity index (χ4v) is 1.59. The van der Waals surface area contributed by atoms with Crippen LogP contribution in [0.4, 0.5) is 32.2 Å². The van der Waals surface area contributed by atoms with Crippen LogP contribution in [0.2, 0.25) is 0 Å². The van der Waals surface area contributed by atoms with E-state index in [2.05, 4.69) is 4.98 Å². The number of pyridine rings is 1.